The summed E-state index contributed by atoms with van der Waals surface area (Å²) in [5.41, 5.74) is 12.4. The van der Waals surface area contributed by atoms with E-state index in [2.05, 4.69) is 10.6 Å². The Labute approximate surface area is 218 Å². The number of amides is 4. The second-order valence-corrected chi connectivity index (χ2v) is 8.54. The molecule has 13 heteroatoms. The normalized spacial score (nSPS) is 13.8. The molecule has 10 N–H and O–H groups in total. The molecule has 0 aliphatic carbocycles. The minimum Gasteiger partial charge on any atom is -0.508 e. The number of nitrogens with two attached hydrogens (primary N) is 2. The highest BCUT2D eigenvalue weighted by atomic mass is 16.4. The lowest BCUT2D eigenvalue weighted by atomic mass is 10.0. The Morgan fingerprint density at radius 3 is 1.82 bits per heavy atom. The second kappa shape index (κ2) is 14.3. The van der Waals surface area contributed by atoms with Gasteiger partial charge < -0.3 is 42.7 Å². The highest BCUT2D eigenvalue weighted by Crippen LogP contribution is 2.11. The first-order valence-corrected chi connectivity index (χ1v) is 11.6. The lowest BCUT2D eigenvalue weighted by Crippen LogP contribution is -2.58. The largest absolute Gasteiger partial charge is 0.508 e. The number of aliphatic carboxylic acids is 1. The van der Waals surface area contributed by atoms with Gasteiger partial charge in [-0.3, -0.25) is 19.2 Å². The lowest BCUT2D eigenvalue weighted by molar-refractivity contribution is -0.144. The third-order valence-corrected chi connectivity index (χ3v) is 5.48. The molecule has 204 valence electrons. The van der Waals surface area contributed by atoms with Crippen LogP contribution in [-0.4, -0.2) is 75.7 Å². The van der Waals surface area contributed by atoms with Gasteiger partial charge in [-0.05, 0) is 29.7 Å². The molecule has 0 aliphatic rings. The maximum Gasteiger partial charge on any atom is 0.326 e. The number of primary amides is 1. The van der Waals surface area contributed by atoms with E-state index >= 15 is 0 Å². The number of nitrogens with one attached hydrogen (secondary N) is 3. The lowest BCUT2D eigenvalue weighted by Gasteiger charge is -2.24. The molecule has 0 radical (unpaired) electrons. The topological polar surface area (TPSA) is 234 Å². The molecule has 2 aromatic rings. The molecule has 0 saturated carbocycles. The van der Waals surface area contributed by atoms with Crippen LogP contribution in [0, 0.1) is 0 Å². The van der Waals surface area contributed by atoms with Crippen LogP contribution < -0.4 is 27.4 Å². The number of carbonyl (C=O) groups excluding carboxylic acids is 4. The summed E-state index contributed by atoms with van der Waals surface area (Å²) in [6.45, 7) is -0.896. The smallest absolute Gasteiger partial charge is 0.326 e. The maximum atomic E-state index is 13.1. The maximum absolute atomic E-state index is 13.1. The second-order valence-electron chi connectivity index (χ2n) is 8.54. The predicted octanol–water partition coefficient (Wildman–Crippen LogP) is -2.09. The van der Waals surface area contributed by atoms with Gasteiger partial charge in [-0.2, -0.15) is 0 Å². The van der Waals surface area contributed by atoms with Crippen LogP contribution in [-0.2, 0) is 36.8 Å². The summed E-state index contributed by atoms with van der Waals surface area (Å²) < 4.78 is 0. The Bertz CT molecular complexity index is 1130. The van der Waals surface area contributed by atoms with Crippen LogP contribution >= 0.6 is 0 Å². The number of aromatic hydroxyl groups is 1. The quantitative estimate of drug-likeness (QED) is 0.134. The van der Waals surface area contributed by atoms with Crippen LogP contribution in [0.3, 0.4) is 0 Å². The van der Waals surface area contributed by atoms with E-state index in [0.29, 0.717) is 11.1 Å². The Hall–Kier alpha value is -4.49. The van der Waals surface area contributed by atoms with Gasteiger partial charge in [0, 0.05) is 6.42 Å². The van der Waals surface area contributed by atoms with Crippen LogP contribution in [0.2, 0.25) is 0 Å². The van der Waals surface area contributed by atoms with E-state index in [0.717, 1.165) is 0 Å². The van der Waals surface area contributed by atoms with Crippen molar-refractivity contribution in [2.24, 2.45) is 11.5 Å². The van der Waals surface area contributed by atoms with Gasteiger partial charge in [0.25, 0.3) is 0 Å². The molecule has 2 rings (SSSR count). The fraction of sp³-hybridized carbons (Fsp3) is 0.320. The minimum absolute atomic E-state index is 0.0174. The molecule has 4 atom stereocenters. The highest BCUT2D eigenvalue weighted by molar-refractivity contribution is 5.95. The summed E-state index contributed by atoms with van der Waals surface area (Å²) in [6.07, 6.45) is -0.563. The Kier molecular flexibility index (Phi) is 11.2. The number of hydrogen-bond acceptors (Lipinski definition) is 8. The van der Waals surface area contributed by atoms with Gasteiger partial charge >= 0.3 is 5.97 Å². The van der Waals surface area contributed by atoms with E-state index < -0.39 is 66.8 Å². The van der Waals surface area contributed by atoms with Crippen molar-refractivity contribution >= 4 is 29.6 Å². The highest BCUT2D eigenvalue weighted by Gasteiger charge is 2.30. The zero-order valence-corrected chi connectivity index (χ0v) is 20.4. The number of benzene rings is 2. The third kappa shape index (κ3) is 9.52. The molecule has 2 aromatic carbocycles. The summed E-state index contributed by atoms with van der Waals surface area (Å²) in [5.74, 6) is -5.02. The zero-order chi connectivity index (χ0) is 28.2. The minimum atomic E-state index is -1.66. The summed E-state index contributed by atoms with van der Waals surface area (Å²) >= 11 is 0. The number of aliphatic hydroxyl groups is 1. The fourth-order valence-corrected chi connectivity index (χ4v) is 3.46. The average molecular weight is 530 g/mol. The molecule has 4 unspecified atom stereocenters. The number of hydrogen-bond donors (Lipinski definition) is 8. The molecule has 0 spiro atoms. The molecule has 0 aliphatic heterocycles. The first-order valence-electron chi connectivity index (χ1n) is 11.6. The molecule has 0 fully saturated rings. The SMILES string of the molecule is NC(=O)CC(NC(=O)C(CO)NC(=O)C(Cc1ccccc1)NC(=O)C(N)Cc1ccc(O)cc1)C(=O)O. The van der Waals surface area contributed by atoms with Gasteiger partial charge in [-0.1, -0.05) is 42.5 Å². The Balaban J connectivity index is 2.14. The molecule has 13 nitrogen and oxygen atoms in total. The average Bonchev–Trinajstić information content (AvgIpc) is 2.87. The van der Waals surface area contributed by atoms with Crippen molar-refractivity contribution in [3.63, 3.8) is 0 Å². The van der Waals surface area contributed by atoms with Crippen molar-refractivity contribution in [1.29, 1.82) is 0 Å². The fourth-order valence-electron chi connectivity index (χ4n) is 3.46. The van der Waals surface area contributed by atoms with Crippen molar-refractivity contribution in [3.05, 3.63) is 65.7 Å². The van der Waals surface area contributed by atoms with Gasteiger partial charge in [-0.15, -0.1) is 0 Å². The van der Waals surface area contributed by atoms with Crippen molar-refractivity contribution in [2.45, 2.75) is 43.4 Å². The molecule has 0 aromatic heterocycles. The van der Waals surface area contributed by atoms with Gasteiger partial charge in [0.1, 0.15) is 23.9 Å². The Morgan fingerprint density at radius 1 is 0.737 bits per heavy atom. The third-order valence-electron chi connectivity index (χ3n) is 5.48. The number of rotatable bonds is 14. The molecule has 0 bridgehead atoms. The number of carboxylic acids is 1. The number of carbonyl (C=O) groups is 5. The summed E-state index contributed by atoms with van der Waals surface area (Å²) in [4.78, 5) is 60.8. The molecule has 0 heterocycles. The molecular formula is C25H31N5O8. The summed E-state index contributed by atoms with van der Waals surface area (Å²) in [7, 11) is 0. The summed E-state index contributed by atoms with van der Waals surface area (Å²) in [6, 6.07) is 9.27. The standard InChI is InChI=1S/C25H31N5O8/c26-17(10-15-6-8-16(32)9-7-15)22(34)28-18(11-14-4-2-1-3-5-14)23(35)30-20(13-31)24(36)29-19(25(37)38)12-21(27)33/h1-9,17-20,31-32H,10-13,26H2,(H2,27,33)(H,28,34)(H,29,36)(H,30,35)(H,37,38). The number of aliphatic hydroxyl groups excluding tert-OH is 1. The van der Waals surface area contributed by atoms with Crippen LogP contribution in [0.15, 0.2) is 54.6 Å². The molecule has 38 heavy (non-hydrogen) atoms. The molecular weight excluding hydrogens is 498 g/mol. The van der Waals surface area contributed by atoms with E-state index in [4.69, 9.17) is 11.5 Å². The van der Waals surface area contributed by atoms with Crippen molar-refractivity contribution in [1.82, 2.24) is 16.0 Å². The van der Waals surface area contributed by atoms with E-state index in [1.807, 2.05) is 5.32 Å². The van der Waals surface area contributed by atoms with Crippen LogP contribution in [0.5, 0.6) is 5.75 Å². The van der Waals surface area contributed by atoms with Crippen molar-refractivity contribution in [3.8, 4) is 5.75 Å². The molecule has 4 amide bonds. The van der Waals surface area contributed by atoms with E-state index in [9.17, 15) is 39.3 Å². The number of phenols is 1. The Morgan fingerprint density at radius 2 is 1.26 bits per heavy atom. The van der Waals surface area contributed by atoms with Crippen LogP contribution in [0.4, 0.5) is 0 Å². The summed E-state index contributed by atoms with van der Waals surface area (Å²) in [5, 5.41) is 35.2. The van der Waals surface area contributed by atoms with Crippen LogP contribution in [0.25, 0.3) is 0 Å². The van der Waals surface area contributed by atoms with E-state index in [-0.39, 0.29) is 18.6 Å². The van der Waals surface area contributed by atoms with Crippen molar-refractivity contribution < 1.29 is 39.3 Å². The van der Waals surface area contributed by atoms with Gasteiger partial charge in [0.15, 0.2) is 0 Å². The van der Waals surface area contributed by atoms with Gasteiger partial charge in [-0.25, -0.2) is 4.79 Å². The van der Waals surface area contributed by atoms with Crippen molar-refractivity contribution in [2.75, 3.05) is 6.61 Å². The monoisotopic (exact) mass is 529 g/mol. The number of carboxylic acid groups (broad SMARTS) is 1. The first-order chi connectivity index (χ1) is 18.0. The predicted molar refractivity (Wildman–Crippen MR) is 134 cm³/mol. The van der Waals surface area contributed by atoms with Crippen LogP contribution in [0.1, 0.15) is 17.5 Å². The van der Waals surface area contributed by atoms with Gasteiger partial charge in [0.05, 0.1) is 19.1 Å². The molecule has 0 saturated heterocycles. The van der Waals surface area contributed by atoms with E-state index in [1.165, 1.54) is 12.1 Å². The van der Waals surface area contributed by atoms with Gasteiger partial charge in [0.2, 0.25) is 23.6 Å². The first kappa shape index (κ1) is 29.7. The zero-order valence-electron chi connectivity index (χ0n) is 20.4. The number of phenolic OH excluding ortho intramolecular Hbond substituents is 1. The van der Waals surface area contributed by atoms with E-state index in [1.54, 1.807) is 42.5 Å².